The summed E-state index contributed by atoms with van der Waals surface area (Å²) < 4.78 is 38.2. The van der Waals surface area contributed by atoms with E-state index in [4.69, 9.17) is 5.41 Å². The Morgan fingerprint density at radius 1 is 1.05 bits per heavy atom. The predicted molar refractivity (Wildman–Crippen MR) is 136 cm³/mol. The number of fused-ring (bicyclic) bond motifs is 1. The predicted octanol–water partition coefficient (Wildman–Crippen LogP) is 2.43. The van der Waals surface area contributed by atoms with Crippen molar-refractivity contribution in [2.45, 2.75) is 51.0 Å². The van der Waals surface area contributed by atoms with Gasteiger partial charge < -0.3 is 26.3 Å². The molecule has 2 heterocycles. The molecule has 39 heavy (non-hydrogen) atoms. The standard InChI is InChI=1S/C26H27F3N6O4/c1-15(36)34-22(10-17-14-31-20-5-3-2-4-19(17)20)25(39)35-21(8-7-18(37)11-30)24(38)33-13-16-6-9-23(32-12-16)26(27,28)29/h2-6,9,11-12,14,21-22,30-31H,7-8,10,13H2,1H3,(H,33,38)(H,34,36)(H,35,39)/t21-,22-/m0/s1. The molecule has 0 aliphatic carbocycles. The van der Waals surface area contributed by atoms with E-state index in [1.807, 2.05) is 24.3 Å². The maximum atomic E-state index is 13.2. The van der Waals surface area contributed by atoms with E-state index in [0.717, 1.165) is 34.8 Å². The lowest BCUT2D eigenvalue weighted by molar-refractivity contribution is -0.141. The quantitative estimate of drug-likeness (QED) is 0.221. The zero-order valence-electron chi connectivity index (χ0n) is 20.9. The van der Waals surface area contributed by atoms with E-state index < -0.39 is 47.5 Å². The molecule has 0 aliphatic rings. The first-order valence-corrected chi connectivity index (χ1v) is 11.9. The molecule has 0 radical (unpaired) electrons. The monoisotopic (exact) mass is 544 g/mol. The number of ketones is 1. The Morgan fingerprint density at radius 3 is 2.44 bits per heavy atom. The van der Waals surface area contributed by atoms with Gasteiger partial charge in [0.05, 0.1) is 6.21 Å². The summed E-state index contributed by atoms with van der Waals surface area (Å²) in [5, 5.41) is 15.6. The molecule has 1 aromatic carbocycles. The number of pyridine rings is 1. The van der Waals surface area contributed by atoms with Crippen molar-refractivity contribution in [1.29, 1.82) is 5.41 Å². The molecule has 2 aromatic heterocycles. The highest BCUT2D eigenvalue weighted by Gasteiger charge is 2.32. The Hall–Kier alpha value is -4.55. The lowest BCUT2D eigenvalue weighted by Gasteiger charge is -2.23. The maximum absolute atomic E-state index is 13.2. The van der Waals surface area contributed by atoms with E-state index in [1.54, 1.807) is 6.20 Å². The fourth-order valence-corrected chi connectivity index (χ4v) is 3.88. The average molecular weight is 545 g/mol. The minimum Gasteiger partial charge on any atom is -0.361 e. The normalized spacial score (nSPS) is 12.8. The van der Waals surface area contributed by atoms with E-state index in [1.165, 1.54) is 6.92 Å². The van der Waals surface area contributed by atoms with E-state index in [2.05, 4.69) is 25.9 Å². The smallest absolute Gasteiger partial charge is 0.361 e. The first kappa shape index (κ1) is 29.0. The van der Waals surface area contributed by atoms with Crippen LogP contribution in [-0.4, -0.2) is 51.8 Å². The molecule has 0 bridgehead atoms. The number of hydrogen-bond acceptors (Lipinski definition) is 6. The van der Waals surface area contributed by atoms with Gasteiger partial charge in [0.2, 0.25) is 17.7 Å². The van der Waals surface area contributed by atoms with Crippen LogP contribution < -0.4 is 16.0 Å². The number of carbonyl (C=O) groups excluding carboxylic acids is 4. The number of amides is 3. The molecule has 3 amide bonds. The number of hydrogen-bond donors (Lipinski definition) is 5. The lowest BCUT2D eigenvalue weighted by Crippen LogP contribution is -2.54. The van der Waals surface area contributed by atoms with Gasteiger partial charge in [-0.1, -0.05) is 24.3 Å². The number of rotatable bonds is 12. The fraction of sp³-hybridized carbons (Fsp3) is 0.308. The number of para-hydroxylation sites is 1. The maximum Gasteiger partial charge on any atom is 0.433 e. The van der Waals surface area contributed by atoms with Crippen molar-refractivity contribution in [3.63, 3.8) is 0 Å². The van der Waals surface area contributed by atoms with Crippen molar-refractivity contribution >= 4 is 40.6 Å². The lowest BCUT2D eigenvalue weighted by atomic mass is 10.0. The van der Waals surface area contributed by atoms with E-state index in [9.17, 15) is 32.3 Å². The molecular formula is C26H27F3N6O4. The molecule has 13 heteroatoms. The first-order chi connectivity index (χ1) is 18.5. The third-order valence-corrected chi connectivity index (χ3v) is 5.85. The second-order valence-corrected chi connectivity index (χ2v) is 8.79. The van der Waals surface area contributed by atoms with Crippen molar-refractivity contribution in [3.05, 3.63) is 65.6 Å². The summed E-state index contributed by atoms with van der Waals surface area (Å²) in [6.07, 6.45) is -1.55. The van der Waals surface area contributed by atoms with Gasteiger partial charge >= 0.3 is 6.18 Å². The zero-order chi connectivity index (χ0) is 28.6. The van der Waals surface area contributed by atoms with Crippen LogP contribution in [0, 0.1) is 5.41 Å². The van der Waals surface area contributed by atoms with Gasteiger partial charge in [-0.05, 0) is 29.7 Å². The van der Waals surface area contributed by atoms with Crippen LogP contribution in [0.1, 0.15) is 36.6 Å². The van der Waals surface area contributed by atoms with Crippen LogP contribution >= 0.6 is 0 Å². The average Bonchev–Trinajstić information content (AvgIpc) is 3.31. The number of benzene rings is 1. The van der Waals surface area contributed by atoms with Gasteiger partial charge in [-0.25, -0.2) is 0 Å². The highest BCUT2D eigenvalue weighted by atomic mass is 19.4. The van der Waals surface area contributed by atoms with Crippen LogP contribution in [0.2, 0.25) is 0 Å². The van der Waals surface area contributed by atoms with Crippen molar-refractivity contribution in [1.82, 2.24) is 25.9 Å². The number of Topliss-reactive ketones (excluding diaryl/α,β-unsaturated/α-hetero) is 1. The van der Waals surface area contributed by atoms with Gasteiger partial charge in [-0.3, -0.25) is 24.2 Å². The highest BCUT2D eigenvalue weighted by Crippen LogP contribution is 2.27. The second kappa shape index (κ2) is 12.8. The molecule has 5 N–H and O–H groups in total. The molecular weight excluding hydrogens is 517 g/mol. The Morgan fingerprint density at radius 2 is 1.79 bits per heavy atom. The number of aromatic nitrogens is 2. The summed E-state index contributed by atoms with van der Waals surface area (Å²) in [5.74, 6) is -2.40. The summed E-state index contributed by atoms with van der Waals surface area (Å²) in [4.78, 5) is 56.1. The molecule has 3 aromatic rings. The number of nitrogens with one attached hydrogen (secondary N) is 5. The van der Waals surface area contributed by atoms with Crippen LogP contribution in [0.5, 0.6) is 0 Å². The summed E-state index contributed by atoms with van der Waals surface area (Å²) >= 11 is 0. The molecule has 0 aliphatic heterocycles. The molecule has 0 saturated carbocycles. The van der Waals surface area contributed by atoms with Crippen LogP contribution in [0.25, 0.3) is 10.9 Å². The summed E-state index contributed by atoms with van der Waals surface area (Å²) in [6.45, 7) is 1.07. The van der Waals surface area contributed by atoms with Gasteiger partial charge in [0.15, 0.2) is 5.78 Å². The number of alkyl halides is 3. The Kier molecular flexibility index (Phi) is 9.52. The van der Waals surface area contributed by atoms with Crippen LogP contribution in [-0.2, 0) is 38.3 Å². The molecule has 3 rings (SSSR count). The number of nitrogens with zero attached hydrogens (tertiary/aromatic N) is 1. The minimum atomic E-state index is -4.60. The first-order valence-electron chi connectivity index (χ1n) is 11.9. The molecule has 2 atom stereocenters. The molecule has 0 saturated heterocycles. The van der Waals surface area contributed by atoms with Crippen LogP contribution in [0.3, 0.4) is 0 Å². The summed E-state index contributed by atoms with van der Waals surface area (Å²) in [7, 11) is 0. The number of halogens is 3. The Balaban J connectivity index is 1.73. The number of carbonyl (C=O) groups is 4. The second-order valence-electron chi connectivity index (χ2n) is 8.79. The van der Waals surface area contributed by atoms with E-state index >= 15 is 0 Å². The molecule has 0 spiro atoms. The zero-order valence-corrected chi connectivity index (χ0v) is 20.9. The van der Waals surface area contributed by atoms with Crippen molar-refractivity contribution < 1.29 is 32.3 Å². The molecule has 0 unspecified atom stereocenters. The number of aromatic amines is 1. The minimum absolute atomic E-state index is 0.112. The van der Waals surface area contributed by atoms with Crippen LogP contribution in [0.15, 0.2) is 48.8 Å². The number of H-pyrrole nitrogens is 1. The molecule has 0 fully saturated rings. The highest BCUT2D eigenvalue weighted by molar-refractivity contribution is 6.26. The summed E-state index contributed by atoms with van der Waals surface area (Å²) in [5.41, 5.74) is 0.809. The fourth-order valence-electron chi connectivity index (χ4n) is 3.88. The third-order valence-electron chi connectivity index (χ3n) is 5.85. The van der Waals surface area contributed by atoms with E-state index in [-0.39, 0.29) is 31.4 Å². The molecule has 10 nitrogen and oxygen atoms in total. The van der Waals surface area contributed by atoms with Crippen molar-refractivity contribution in [2.75, 3.05) is 0 Å². The van der Waals surface area contributed by atoms with Crippen LogP contribution in [0.4, 0.5) is 13.2 Å². The Bertz CT molecular complexity index is 1350. The summed E-state index contributed by atoms with van der Waals surface area (Å²) in [6, 6.07) is 7.08. The van der Waals surface area contributed by atoms with Gasteiger partial charge in [0.25, 0.3) is 0 Å². The van der Waals surface area contributed by atoms with Gasteiger partial charge in [0.1, 0.15) is 17.8 Å². The Labute approximate surface area is 221 Å². The van der Waals surface area contributed by atoms with Gasteiger partial charge in [0, 0.05) is 49.6 Å². The third kappa shape index (κ3) is 8.22. The SMILES string of the molecule is CC(=O)N[C@@H](Cc1c[nH]c2ccccc12)C(=O)N[C@@H](CCC(=O)C=N)C(=O)NCc1ccc(C(F)(F)F)nc1. The topological polar surface area (TPSA) is 157 Å². The molecule has 206 valence electrons. The van der Waals surface area contributed by atoms with Crippen molar-refractivity contribution in [3.8, 4) is 0 Å². The van der Waals surface area contributed by atoms with Gasteiger partial charge in [-0.2, -0.15) is 13.2 Å². The van der Waals surface area contributed by atoms with Crippen molar-refractivity contribution in [2.24, 2.45) is 0 Å². The largest absolute Gasteiger partial charge is 0.433 e. The van der Waals surface area contributed by atoms with Gasteiger partial charge in [-0.15, -0.1) is 0 Å². The van der Waals surface area contributed by atoms with E-state index in [0.29, 0.717) is 6.21 Å².